The molecule has 1 aromatic carbocycles. The van der Waals surface area contributed by atoms with Crippen LogP contribution in [-0.2, 0) is 5.60 Å². The highest BCUT2D eigenvalue weighted by atomic mass is 19.1. The van der Waals surface area contributed by atoms with Crippen LogP contribution >= 0.6 is 0 Å². The fourth-order valence-electron chi connectivity index (χ4n) is 2.27. The number of benzene rings is 1. The monoisotopic (exact) mass is 224 g/mol. The zero-order chi connectivity index (χ0) is 12.2. The molecule has 2 unspecified atom stereocenters. The van der Waals surface area contributed by atoms with Crippen molar-refractivity contribution < 1.29 is 9.50 Å². The minimum atomic E-state index is -0.905. The van der Waals surface area contributed by atoms with E-state index in [0.717, 1.165) is 12.8 Å². The minimum absolute atomic E-state index is 0.143. The summed E-state index contributed by atoms with van der Waals surface area (Å²) in [7, 11) is 0. The normalized spacial score (nSPS) is 16.8. The van der Waals surface area contributed by atoms with Crippen molar-refractivity contribution in [3.63, 3.8) is 0 Å². The molecule has 0 aromatic heterocycles. The van der Waals surface area contributed by atoms with Gasteiger partial charge in [-0.15, -0.1) is 0 Å². The van der Waals surface area contributed by atoms with E-state index in [0.29, 0.717) is 12.0 Å². The fourth-order valence-corrected chi connectivity index (χ4v) is 2.27. The molecule has 2 heteroatoms. The molecular weight excluding hydrogens is 203 g/mol. The Bertz CT molecular complexity index is 337. The highest BCUT2D eigenvalue weighted by Gasteiger charge is 2.33. The number of rotatable bonds is 5. The second kappa shape index (κ2) is 5.44. The van der Waals surface area contributed by atoms with Gasteiger partial charge in [0.1, 0.15) is 5.82 Å². The van der Waals surface area contributed by atoms with Crippen molar-refractivity contribution in [1.82, 2.24) is 0 Å². The molecule has 1 nitrogen and oxygen atoms in total. The van der Waals surface area contributed by atoms with Gasteiger partial charge in [0.05, 0.1) is 5.60 Å². The van der Waals surface area contributed by atoms with Crippen LogP contribution in [0.25, 0.3) is 0 Å². The molecule has 0 spiro atoms. The maximum absolute atomic E-state index is 13.2. The second-order valence-electron chi connectivity index (χ2n) is 4.48. The van der Waals surface area contributed by atoms with Crippen LogP contribution in [0, 0.1) is 11.7 Å². The van der Waals surface area contributed by atoms with Gasteiger partial charge < -0.3 is 5.11 Å². The first kappa shape index (κ1) is 13.2. The zero-order valence-electron chi connectivity index (χ0n) is 10.3. The molecule has 1 aromatic rings. The number of aliphatic hydroxyl groups is 1. The molecule has 2 atom stereocenters. The number of hydrogen-bond acceptors (Lipinski definition) is 1. The van der Waals surface area contributed by atoms with Gasteiger partial charge in [0.2, 0.25) is 0 Å². The predicted octanol–water partition coefficient (Wildman–Crippen LogP) is 3.86. The molecule has 0 amide bonds. The standard InChI is InChI=1S/C14H21FO/c1-4-7-11(3)14(16,5-2)12-8-6-9-13(15)10-12/h6,8-11,16H,4-5,7H2,1-3H3. The Labute approximate surface area is 97.3 Å². The van der Waals surface area contributed by atoms with Crippen molar-refractivity contribution in [3.8, 4) is 0 Å². The Morgan fingerprint density at radius 2 is 2.06 bits per heavy atom. The molecule has 0 heterocycles. The summed E-state index contributed by atoms with van der Waals surface area (Å²) in [6, 6.07) is 6.31. The van der Waals surface area contributed by atoms with E-state index in [9.17, 15) is 9.50 Å². The molecule has 0 aliphatic rings. The summed E-state index contributed by atoms with van der Waals surface area (Å²) >= 11 is 0. The van der Waals surface area contributed by atoms with Crippen LogP contribution in [0.15, 0.2) is 24.3 Å². The van der Waals surface area contributed by atoms with E-state index in [1.165, 1.54) is 12.1 Å². The molecule has 90 valence electrons. The smallest absolute Gasteiger partial charge is 0.123 e. The third-order valence-electron chi connectivity index (χ3n) is 3.40. The first-order valence-electron chi connectivity index (χ1n) is 6.03. The second-order valence-corrected chi connectivity index (χ2v) is 4.48. The van der Waals surface area contributed by atoms with Gasteiger partial charge >= 0.3 is 0 Å². The van der Waals surface area contributed by atoms with Gasteiger partial charge in [-0.2, -0.15) is 0 Å². The molecular formula is C14H21FO. The highest BCUT2D eigenvalue weighted by Crippen LogP contribution is 2.35. The Morgan fingerprint density at radius 1 is 1.38 bits per heavy atom. The average molecular weight is 224 g/mol. The van der Waals surface area contributed by atoms with Crippen molar-refractivity contribution in [2.45, 2.75) is 45.6 Å². The lowest BCUT2D eigenvalue weighted by Crippen LogP contribution is -2.32. The van der Waals surface area contributed by atoms with Gasteiger partial charge in [-0.05, 0) is 36.5 Å². The van der Waals surface area contributed by atoms with Crippen LogP contribution in [0.2, 0.25) is 0 Å². The Morgan fingerprint density at radius 3 is 2.56 bits per heavy atom. The zero-order valence-corrected chi connectivity index (χ0v) is 10.3. The summed E-state index contributed by atoms with van der Waals surface area (Å²) < 4.78 is 13.2. The van der Waals surface area contributed by atoms with Crippen LogP contribution in [-0.4, -0.2) is 5.11 Å². The largest absolute Gasteiger partial charge is 0.385 e. The lowest BCUT2D eigenvalue weighted by Gasteiger charge is -2.34. The summed E-state index contributed by atoms with van der Waals surface area (Å²) in [5.41, 5.74) is -0.214. The van der Waals surface area contributed by atoms with Crippen molar-refractivity contribution in [1.29, 1.82) is 0 Å². The van der Waals surface area contributed by atoms with E-state index < -0.39 is 5.60 Å². The van der Waals surface area contributed by atoms with Crippen molar-refractivity contribution in [2.75, 3.05) is 0 Å². The van der Waals surface area contributed by atoms with Crippen molar-refractivity contribution in [3.05, 3.63) is 35.6 Å². The van der Waals surface area contributed by atoms with E-state index in [1.807, 2.05) is 13.8 Å². The molecule has 0 aliphatic heterocycles. The molecule has 1 rings (SSSR count). The van der Waals surface area contributed by atoms with Crippen LogP contribution < -0.4 is 0 Å². The summed E-state index contributed by atoms with van der Waals surface area (Å²) in [5.74, 6) is -0.141. The van der Waals surface area contributed by atoms with E-state index >= 15 is 0 Å². The highest BCUT2D eigenvalue weighted by molar-refractivity contribution is 5.24. The number of halogens is 1. The SMILES string of the molecule is CCCC(C)C(O)(CC)c1cccc(F)c1. The fraction of sp³-hybridized carbons (Fsp3) is 0.571. The van der Waals surface area contributed by atoms with Gasteiger partial charge in [0.25, 0.3) is 0 Å². The molecule has 0 fully saturated rings. The minimum Gasteiger partial charge on any atom is -0.385 e. The van der Waals surface area contributed by atoms with Crippen molar-refractivity contribution in [2.24, 2.45) is 5.92 Å². The molecule has 0 saturated heterocycles. The Balaban J connectivity index is 3.04. The summed E-state index contributed by atoms with van der Waals surface area (Å²) in [4.78, 5) is 0. The summed E-state index contributed by atoms with van der Waals surface area (Å²) in [6.45, 7) is 6.06. The lowest BCUT2D eigenvalue weighted by molar-refractivity contribution is -0.0247. The van der Waals surface area contributed by atoms with E-state index in [1.54, 1.807) is 12.1 Å². The molecule has 0 saturated carbocycles. The third kappa shape index (κ3) is 2.62. The van der Waals surface area contributed by atoms with Crippen LogP contribution in [0.3, 0.4) is 0 Å². The predicted molar refractivity (Wildman–Crippen MR) is 64.7 cm³/mol. The topological polar surface area (TPSA) is 20.2 Å². The first-order valence-corrected chi connectivity index (χ1v) is 6.03. The van der Waals surface area contributed by atoms with Crippen LogP contribution in [0.5, 0.6) is 0 Å². The maximum Gasteiger partial charge on any atom is 0.123 e. The summed E-state index contributed by atoms with van der Waals surface area (Å²) in [6.07, 6.45) is 2.58. The van der Waals surface area contributed by atoms with Crippen LogP contribution in [0.1, 0.15) is 45.6 Å². The molecule has 16 heavy (non-hydrogen) atoms. The van der Waals surface area contributed by atoms with Gasteiger partial charge in [0.15, 0.2) is 0 Å². The van der Waals surface area contributed by atoms with Crippen LogP contribution in [0.4, 0.5) is 4.39 Å². The van der Waals surface area contributed by atoms with Gasteiger partial charge in [-0.3, -0.25) is 0 Å². The first-order chi connectivity index (χ1) is 7.54. The Kier molecular flexibility index (Phi) is 4.48. The van der Waals surface area contributed by atoms with E-state index in [2.05, 4.69) is 6.92 Å². The average Bonchev–Trinajstić information content (AvgIpc) is 2.28. The lowest BCUT2D eigenvalue weighted by atomic mass is 9.78. The van der Waals surface area contributed by atoms with E-state index in [4.69, 9.17) is 0 Å². The summed E-state index contributed by atoms with van der Waals surface area (Å²) in [5, 5.41) is 10.6. The van der Waals surface area contributed by atoms with Gasteiger partial charge in [-0.1, -0.05) is 39.3 Å². The third-order valence-corrected chi connectivity index (χ3v) is 3.40. The van der Waals surface area contributed by atoms with Crippen molar-refractivity contribution >= 4 is 0 Å². The molecule has 0 aliphatic carbocycles. The van der Waals surface area contributed by atoms with Gasteiger partial charge in [0, 0.05) is 0 Å². The maximum atomic E-state index is 13.2. The molecule has 0 bridgehead atoms. The van der Waals surface area contributed by atoms with E-state index in [-0.39, 0.29) is 11.7 Å². The quantitative estimate of drug-likeness (QED) is 0.805. The molecule has 1 N–H and O–H groups in total. The molecule has 0 radical (unpaired) electrons. The van der Waals surface area contributed by atoms with Gasteiger partial charge in [-0.25, -0.2) is 4.39 Å². The Hall–Kier alpha value is -0.890. The number of hydrogen-bond donors (Lipinski definition) is 1.